The largest absolute Gasteiger partial charge is 0.463 e. The fourth-order valence-electron chi connectivity index (χ4n) is 2.09. The van der Waals surface area contributed by atoms with Crippen LogP contribution in [0, 0.1) is 0 Å². The summed E-state index contributed by atoms with van der Waals surface area (Å²) in [6.07, 6.45) is 2.93. The molecule has 3 aromatic rings. The summed E-state index contributed by atoms with van der Waals surface area (Å²) in [4.78, 5) is 24.2. The molecular weight excluding hydrogens is 398 g/mol. The first-order valence-electron chi connectivity index (χ1n) is 7.66. The van der Waals surface area contributed by atoms with Crippen molar-refractivity contribution >= 4 is 39.6 Å². The maximum atomic E-state index is 12.2. The van der Waals surface area contributed by atoms with Crippen LogP contribution in [0.15, 0.2) is 80.9 Å². The summed E-state index contributed by atoms with van der Waals surface area (Å²) < 4.78 is 5.98. The fourth-order valence-corrected chi connectivity index (χ4v) is 2.36. The maximum Gasteiger partial charge on any atom is 0.271 e. The van der Waals surface area contributed by atoms with Gasteiger partial charge in [0.15, 0.2) is 0 Å². The minimum atomic E-state index is -0.362. The minimum absolute atomic E-state index is 0.224. The highest BCUT2D eigenvalue weighted by molar-refractivity contribution is 9.10. The average Bonchev–Trinajstić information content (AvgIpc) is 3.16. The number of nitrogens with zero attached hydrogens (tertiary/aromatic N) is 1. The third-order valence-corrected chi connectivity index (χ3v) is 3.94. The first-order chi connectivity index (χ1) is 12.6. The van der Waals surface area contributed by atoms with Crippen LogP contribution < -0.4 is 10.7 Å². The molecule has 6 nitrogen and oxygen atoms in total. The van der Waals surface area contributed by atoms with Crippen molar-refractivity contribution in [3.05, 3.63) is 88.3 Å². The second-order valence-corrected chi connectivity index (χ2v) is 6.17. The molecule has 0 saturated heterocycles. The zero-order valence-corrected chi connectivity index (χ0v) is 15.1. The smallest absolute Gasteiger partial charge is 0.271 e. The lowest BCUT2D eigenvalue weighted by atomic mass is 10.1. The Labute approximate surface area is 158 Å². The quantitative estimate of drug-likeness (QED) is 0.490. The van der Waals surface area contributed by atoms with Crippen LogP contribution in [0.3, 0.4) is 0 Å². The number of nitrogens with one attached hydrogen (secondary N) is 2. The lowest BCUT2D eigenvalue weighted by molar-refractivity contribution is 0.0954. The van der Waals surface area contributed by atoms with Crippen LogP contribution in [-0.4, -0.2) is 18.0 Å². The Morgan fingerprint density at radius 3 is 2.23 bits per heavy atom. The summed E-state index contributed by atoms with van der Waals surface area (Å²) in [5.74, 6) is -0.0485. The molecule has 0 fully saturated rings. The summed E-state index contributed by atoms with van der Waals surface area (Å²) in [6, 6.07) is 17.0. The molecule has 0 saturated carbocycles. The van der Waals surface area contributed by atoms with Gasteiger partial charge in [0.25, 0.3) is 11.8 Å². The summed E-state index contributed by atoms with van der Waals surface area (Å²) >= 11 is 3.33. The SMILES string of the molecule is O=C(N/N=C\c1ccco1)c1ccc(NC(=O)c2ccc(Br)cc2)cc1. The van der Waals surface area contributed by atoms with Gasteiger partial charge in [0, 0.05) is 21.3 Å². The molecule has 7 heteroatoms. The number of furan rings is 1. The van der Waals surface area contributed by atoms with Crippen LogP contribution in [0.4, 0.5) is 5.69 Å². The van der Waals surface area contributed by atoms with Crippen molar-refractivity contribution in [3.8, 4) is 0 Å². The van der Waals surface area contributed by atoms with Gasteiger partial charge in [-0.15, -0.1) is 0 Å². The predicted molar refractivity (Wildman–Crippen MR) is 102 cm³/mol. The molecule has 3 rings (SSSR count). The Morgan fingerprint density at radius 1 is 0.923 bits per heavy atom. The molecular formula is C19H14BrN3O3. The third-order valence-electron chi connectivity index (χ3n) is 3.41. The number of carbonyl (C=O) groups excluding carboxylic acids is 2. The number of rotatable bonds is 5. The number of benzene rings is 2. The topological polar surface area (TPSA) is 83.7 Å². The molecule has 2 N–H and O–H groups in total. The molecule has 1 heterocycles. The number of hydrogen-bond acceptors (Lipinski definition) is 4. The molecule has 0 spiro atoms. The van der Waals surface area contributed by atoms with Crippen LogP contribution in [0.5, 0.6) is 0 Å². The van der Waals surface area contributed by atoms with Crippen molar-refractivity contribution in [2.45, 2.75) is 0 Å². The number of hydrazone groups is 1. The lowest BCUT2D eigenvalue weighted by Crippen LogP contribution is -2.17. The van der Waals surface area contributed by atoms with E-state index in [9.17, 15) is 9.59 Å². The van der Waals surface area contributed by atoms with Gasteiger partial charge in [-0.25, -0.2) is 5.43 Å². The van der Waals surface area contributed by atoms with E-state index >= 15 is 0 Å². The van der Waals surface area contributed by atoms with Gasteiger partial charge in [-0.3, -0.25) is 9.59 Å². The van der Waals surface area contributed by atoms with Gasteiger partial charge >= 0.3 is 0 Å². The number of amides is 2. The zero-order valence-electron chi connectivity index (χ0n) is 13.5. The minimum Gasteiger partial charge on any atom is -0.463 e. The summed E-state index contributed by atoms with van der Waals surface area (Å²) in [5, 5.41) is 6.59. The van der Waals surface area contributed by atoms with E-state index in [-0.39, 0.29) is 11.8 Å². The summed E-state index contributed by atoms with van der Waals surface area (Å²) in [6.45, 7) is 0. The molecule has 0 radical (unpaired) electrons. The number of carbonyl (C=O) groups is 2. The lowest BCUT2D eigenvalue weighted by Gasteiger charge is -2.06. The first-order valence-corrected chi connectivity index (χ1v) is 8.45. The van der Waals surface area contributed by atoms with Crippen molar-refractivity contribution in [1.29, 1.82) is 0 Å². The monoisotopic (exact) mass is 411 g/mol. The third kappa shape index (κ3) is 4.67. The van der Waals surface area contributed by atoms with Crippen molar-refractivity contribution in [1.82, 2.24) is 5.43 Å². The van der Waals surface area contributed by atoms with E-state index in [0.717, 1.165) is 4.47 Å². The molecule has 0 aliphatic heterocycles. The fraction of sp³-hybridized carbons (Fsp3) is 0. The van der Waals surface area contributed by atoms with E-state index in [1.807, 2.05) is 0 Å². The van der Waals surface area contributed by atoms with Crippen molar-refractivity contribution in [2.24, 2.45) is 5.10 Å². The maximum absolute atomic E-state index is 12.2. The number of halogens is 1. The van der Waals surface area contributed by atoms with Gasteiger partial charge < -0.3 is 9.73 Å². The highest BCUT2D eigenvalue weighted by atomic mass is 79.9. The second kappa shape index (κ2) is 8.26. The molecule has 0 atom stereocenters. The first kappa shape index (κ1) is 17.6. The van der Waals surface area contributed by atoms with Crippen LogP contribution in [-0.2, 0) is 0 Å². The standard InChI is InChI=1S/C19H14BrN3O3/c20-15-7-3-13(4-8-15)18(24)22-16-9-5-14(6-10-16)19(25)23-21-12-17-2-1-11-26-17/h1-12H,(H,22,24)(H,23,25)/b21-12-. The van der Waals surface area contributed by atoms with Gasteiger partial charge in [-0.2, -0.15) is 5.10 Å². The van der Waals surface area contributed by atoms with Crippen LogP contribution in [0.2, 0.25) is 0 Å². The van der Waals surface area contributed by atoms with Crippen LogP contribution >= 0.6 is 15.9 Å². The van der Waals surface area contributed by atoms with Gasteiger partial charge in [0.2, 0.25) is 0 Å². The Balaban J connectivity index is 1.58. The average molecular weight is 412 g/mol. The molecule has 2 amide bonds. The number of hydrogen-bond donors (Lipinski definition) is 2. The van der Waals surface area contributed by atoms with Gasteiger partial charge in [-0.05, 0) is 60.7 Å². The molecule has 0 unspecified atom stereocenters. The van der Waals surface area contributed by atoms with E-state index in [4.69, 9.17) is 4.42 Å². The Bertz CT molecular complexity index is 918. The van der Waals surface area contributed by atoms with Crippen molar-refractivity contribution in [2.75, 3.05) is 5.32 Å². The highest BCUT2D eigenvalue weighted by Crippen LogP contribution is 2.14. The molecule has 130 valence electrons. The van der Waals surface area contributed by atoms with E-state index in [1.165, 1.54) is 12.5 Å². The van der Waals surface area contributed by atoms with Gasteiger partial charge in [-0.1, -0.05) is 15.9 Å². The molecule has 2 aromatic carbocycles. The van der Waals surface area contributed by atoms with E-state index in [1.54, 1.807) is 60.7 Å². The molecule has 1 aromatic heterocycles. The van der Waals surface area contributed by atoms with E-state index < -0.39 is 0 Å². The second-order valence-electron chi connectivity index (χ2n) is 5.25. The van der Waals surface area contributed by atoms with Crippen molar-refractivity contribution in [3.63, 3.8) is 0 Å². The van der Waals surface area contributed by atoms with Gasteiger partial charge in [0.1, 0.15) is 5.76 Å². The van der Waals surface area contributed by atoms with E-state index in [2.05, 4.69) is 31.8 Å². The van der Waals surface area contributed by atoms with Crippen LogP contribution in [0.25, 0.3) is 0 Å². The summed E-state index contributed by atoms with van der Waals surface area (Å²) in [5.41, 5.74) is 3.96. The van der Waals surface area contributed by atoms with E-state index in [0.29, 0.717) is 22.6 Å². The molecule has 26 heavy (non-hydrogen) atoms. The number of anilines is 1. The predicted octanol–water partition coefficient (Wildman–Crippen LogP) is 4.06. The van der Waals surface area contributed by atoms with Gasteiger partial charge in [0.05, 0.1) is 12.5 Å². The molecule has 0 aliphatic rings. The molecule has 0 bridgehead atoms. The summed E-state index contributed by atoms with van der Waals surface area (Å²) in [7, 11) is 0. The Hall–Kier alpha value is -3.19. The highest BCUT2D eigenvalue weighted by Gasteiger charge is 2.08. The van der Waals surface area contributed by atoms with Crippen LogP contribution in [0.1, 0.15) is 26.5 Å². The van der Waals surface area contributed by atoms with Crippen molar-refractivity contribution < 1.29 is 14.0 Å². The molecule has 0 aliphatic carbocycles. The normalized spacial score (nSPS) is 10.7. The Kier molecular flexibility index (Phi) is 5.60. The Morgan fingerprint density at radius 2 is 1.58 bits per heavy atom. The zero-order chi connectivity index (χ0) is 18.4.